The van der Waals surface area contributed by atoms with Crippen LogP contribution in [0.5, 0.6) is 0 Å². The maximum absolute atomic E-state index is 13.0. The maximum atomic E-state index is 13.0. The molecule has 0 saturated heterocycles. The first-order valence-electron chi connectivity index (χ1n) is 9.17. The van der Waals surface area contributed by atoms with Crippen LogP contribution in [0.4, 0.5) is 0 Å². The first-order valence-corrected chi connectivity index (χ1v) is 11.8. The van der Waals surface area contributed by atoms with Gasteiger partial charge in [-0.05, 0) is 47.4 Å². The Hall–Kier alpha value is -2.23. The van der Waals surface area contributed by atoms with Crippen molar-refractivity contribution in [3.05, 3.63) is 76.8 Å². The lowest BCUT2D eigenvalue weighted by atomic mass is 10.0. The number of hydrogen-bond acceptors (Lipinski definition) is 5. The normalized spacial score (nSPS) is 20.8. The van der Waals surface area contributed by atoms with Gasteiger partial charge < -0.3 is 10.8 Å². The number of hydrogen-bond donors (Lipinski definition) is 3. The lowest BCUT2D eigenvalue weighted by Gasteiger charge is -2.15. The van der Waals surface area contributed by atoms with Gasteiger partial charge in [0.05, 0.1) is 0 Å². The molecule has 0 radical (unpaired) electrons. The van der Waals surface area contributed by atoms with Gasteiger partial charge in [-0.25, -0.2) is 8.42 Å². The molecule has 2 aromatic carbocycles. The van der Waals surface area contributed by atoms with Gasteiger partial charge in [-0.2, -0.15) is 4.72 Å². The molecule has 9 heteroatoms. The highest BCUT2D eigenvalue weighted by Crippen LogP contribution is 2.52. The summed E-state index contributed by atoms with van der Waals surface area (Å²) in [6.45, 7) is 0.385. The van der Waals surface area contributed by atoms with Crippen molar-refractivity contribution in [2.24, 2.45) is 5.73 Å². The Balaban J connectivity index is 1.58. The minimum atomic E-state index is -4.01. The quantitative estimate of drug-likeness (QED) is 0.494. The highest BCUT2D eigenvalue weighted by Gasteiger charge is 2.63. The van der Waals surface area contributed by atoms with Crippen molar-refractivity contribution in [2.45, 2.75) is 28.6 Å². The van der Waals surface area contributed by atoms with Crippen LogP contribution in [0.15, 0.2) is 64.9 Å². The molecule has 4 N–H and O–H groups in total. The molecule has 1 fully saturated rings. The Morgan fingerprint density at radius 2 is 1.80 bits per heavy atom. The lowest BCUT2D eigenvalue weighted by Crippen LogP contribution is -2.44. The number of halogens is 1. The van der Waals surface area contributed by atoms with E-state index in [1.165, 1.54) is 6.07 Å². The van der Waals surface area contributed by atoms with Gasteiger partial charge in [0.2, 0.25) is 0 Å². The molecule has 30 heavy (non-hydrogen) atoms. The molecular weight excluding hydrogens is 444 g/mol. The minimum Gasteiger partial charge on any atom is -0.480 e. The van der Waals surface area contributed by atoms with Crippen molar-refractivity contribution in [3.8, 4) is 10.4 Å². The molecular formula is C21H19ClN2O4S2. The zero-order valence-corrected chi connectivity index (χ0v) is 18.1. The van der Waals surface area contributed by atoms with Crippen LogP contribution in [0.25, 0.3) is 10.4 Å². The zero-order valence-electron chi connectivity index (χ0n) is 15.7. The van der Waals surface area contributed by atoms with Crippen molar-refractivity contribution >= 4 is 38.9 Å². The van der Waals surface area contributed by atoms with E-state index in [0.29, 0.717) is 11.6 Å². The van der Waals surface area contributed by atoms with Crippen molar-refractivity contribution < 1.29 is 18.3 Å². The Morgan fingerprint density at radius 1 is 1.13 bits per heavy atom. The second kappa shape index (κ2) is 7.79. The number of carbonyl (C=O) groups is 1. The second-order valence-electron chi connectivity index (χ2n) is 7.21. The number of rotatable bonds is 7. The Bertz CT molecular complexity index is 1190. The number of aliphatic carboxylic acids is 1. The monoisotopic (exact) mass is 462 g/mol. The van der Waals surface area contributed by atoms with Gasteiger partial charge in [-0.1, -0.05) is 48.0 Å². The van der Waals surface area contributed by atoms with Crippen LogP contribution >= 0.6 is 22.9 Å². The van der Waals surface area contributed by atoms with Crippen molar-refractivity contribution in [2.75, 3.05) is 0 Å². The molecule has 3 aromatic rings. The fraction of sp³-hybridized carbons (Fsp3) is 0.190. The molecule has 0 bridgehead atoms. The molecule has 1 aromatic heterocycles. The number of carboxylic acids is 1. The topological polar surface area (TPSA) is 109 Å². The van der Waals surface area contributed by atoms with E-state index in [1.54, 1.807) is 42.5 Å². The molecule has 156 valence electrons. The van der Waals surface area contributed by atoms with Gasteiger partial charge in [0.25, 0.3) is 10.0 Å². The van der Waals surface area contributed by atoms with Crippen LogP contribution in [0.2, 0.25) is 5.02 Å². The predicted octanol–water partition coefficient (Wildman–Crippen LogP) is 3.82. The third-order valence-corrected chi connectivity index (χ3v) is 8.64. The maximum Gasteiger partial charge on any atom is 0.325 e. The van der Waals surface area contributed by atoms with E-state index in [0.717, 1.165) is 32.9 Å². The molecule has 6 nitrogen and oxygen atoms in total. The number of thiophene rings is 1. The van der Waals surface area contributed by atoms with Gasteiger partial charge in [0.15, 0.2) is 0 Å². The van der Waals surface area contributed by atoms with Crippen molar-refractivity contribution in [1.29, 1.82) is 0 Å². The molecule has 1 aliphatic rings. The summed E-state index contributed by atoms with van der Waals surface area (Å²) in [5.41, 5.74) is 6.58. The van der Waals surface area contributed by atoms with Crippen LogP contribution in [0.3, 0.4) is 0 Å². The number of benzene rings is 2. The summed E-state index contributed by atoms with van der Waals surface area (Å²) in [6, 6.07) is 17.5. The molecule has 4 rings (SSSR count). The number of carboxylic acid groups (broad SMARTS) is 1. The van der Waals surface area contributed by atoms with Crippen LogP contribution in [0.1, 0.15) is 23.5 Å². The minimum absolute atomic E-state index is 0.0669. The van der Waals surface area contributed by atoms with Crippen molar-refractivity contribution in [3.63, 3.8) is 0 Å². The number of nitrogens with one attached hydrogen (secondary N) is 1. The van der Waals surface area contributed by atoms with Crippen molar-refractivity contribution in [1.82, 2.24) is 4.72 Å². The fourth-order valence-electron chi connectivity index (χ4n) is 3.47. The predicted molar refractivity (Wildman–Crippen MR) is 117 cm³/mol. The average molecular weight is 463 g/mol. The second-order valence-corrected chi connectivity index (χ2v) is 10.6. The molecule has 2 atom stereocenters. The number of nitrogens with two attached hydrogens (primary N) is 1. The largest absolute Gasteiger partial charge is 0.480 e. The lowest BCUT2D eigenvalue weighted by molar-refractivity contribution is -0.140. The van der Waals surface area contributed by atoms with Gasteiger partial charge in [-0.15, -0.1) is 11.3 Å². The van der Waals surface area contributed by atoms with E-state index in [4.69, 9.17) is 17.3 Å². The summed E-state index contributed by atoms with van der Waals surface area (Å²) in [6.07, 6.45) is 0.193. The van der Waals surface area contributed by atoms with Crippen LogP contribution in [0, 0.1) is 0 Å². The summed E-state index contributed by atoms with van der Waals surface area (Å²) in [4.78, 5) is 12.8. The Labute approximate surface area is 183 Å². The zero-order chi connectivity index (χ0) is 21.5. The molecule has 0 aliphatic heterocycles. The third-order valence-electron chi connectivity index (χ3n) is 5.25. The molecule has 1 saturated carbocycles. The van der Waals surface area contributed by atoms with Crippen LogP contribution in [-0.4, -0.2) is 25.0 Å². The van der Waals surface area contributed by atoms with Gasteiger partial charge >= 0.3 is 5.97 Å². The van der Waals surface area contributed by atoms with Crippen LogP contribution in [-0.2, 0) is 21.4 Å². The summed E-state index contributed by atoms with van der Waals surface area (Å²) in [5.74, 6) is -1.62. The summed E-state index contributed by atoms with van der Waals surface area (Å²) in [7, 11) is -4.01. The van der Waals surface area contributed by atoms with E-state index in [-0.39, 0.29) is 10.6 Å². The molecule has 1 heterocycles. The standard InChI is InChI=1S/C21H19ClN2O4S2/c22-16-7-5-15(6-8-16)18-9-10-19(29-18)30(27,28)24-21(20(25)26)11-17(21)14-3-1-13(12-23)2-4-14/h1-10,17,24H,11-12,23H2,(H,25,26). The van der Waals surface area contributed by atoms with Crippen LogP contribution < -0.4 is 10.5 Å². The fourth-order valence-corrected chi connectivity index (χ4v) is 6.31. The SMILES string of the molecule is NCc1ccc(C2CC2(NS(=O)(=O)c2ccc(-c3ccc(Cl)cc3)s2)C(=O)O)cc1. The molecule has 0 amide bonds. The summed E-state index contributed by atoms with van der Waals surface area (Å²) in [5, 5.41) is 10.4. The smallest absolute Gasteiger partial charge is 0.325 e. The first kappa shape index (κ1) is 21.0. The Morgan fingerprint density at radius 3 is 2.40 bits per heavy atom. The van der Waals surface area contributed by atoms with E-state index in [9.17, 15) is 18.3 Å². The summed E-state index contributed by atoms with van der Waals surface area (Å²) >= 11 is 6.98. The highest BCUT2D eigenvalue weighted by molar-refractivity contribution is 7.91. The Kier molecular flexibility index (Phi) is 5.46. The van der Waals surface area contributed by atoms with Gasteiger partial charge in [-0.3, -0.25) is 4.79 Å². The molecule has 1 aliphatic carbocycles. The number of sulfonamides is 1. The third kappa shape index (κ3) is 3.89. The highest BCUT2D eigenvalue weighted by atomic mass is 35.5. The van der Waals surface area contributed by atoms with E-state index in [2.05, 4.69) is 4.72 Å². The average Bonchev–Trinajstić information content (AvgIpc) is 3.21. The van der Waals surface area contributed by atoms with E-state index >= 15 is 0 Å². The molecule has 2 unspecified atom stereocenters. The summed E-state index contributed by atoms with van der Waals surface area (Å²) < 4.78 is 28.4. The molecule has 0 spiro atoms. The first-order chi connectivity index (χ1) is 14.2. The van der Waals surface area contributed by atoms with E-state index < -0.39 is 27.4 Å². The van der Waals surface area contributed by atoms with E-state index in [1.807, 2.05) is 12.1 Å². The van der Waals surface area contributed by atoms with Gasteiger partial charge in [0.1, 0.15) is 9.75 Å². The van der Waals surface area contributed by atoms with Gasteiger partial charge in [0, 0.05) is 22.4 Å².